The van der Waals surface area contributed by atoms with Crippen molar-refractivity contribution in [1.82, 2.24) is 20.2 Å². The summed E-state index contributed by atoms with van der Waals surface area (Å²) in [4.78, 5) is 9.22. The van der Waals surface area contributed by atoms with Gasteiger partial charge in [-0.3, -0.25) is 5.10 Å². The molecule has 0 amide bonds. The van der Waals surface area contributed by atoms with Crippen LogP contribution in [-0.4, -0.2) is 20.2 Å². The minimum atomic E-state index is 0.437. The molecule has 5 rings (SSSR count). The van der Waals surface area contributed by atoms with Crippen LogP contribution in [0.25, 0.3) is 21.8 Å². The van der Waals surface area contributed by atoms with Gasteiger partial charge in [-0.15, -0.1) is 0 Å². The van der Waals surface area contributed by atoms with Crippen molar-refractivity contribution in [3.8, 4) is 5.88 Å². The molecular weight excluding hydrogens is 350 g/mol. The summed E-state index contributed by atoms with van der Waals surface area (Å²) in [6.07, 6.45) is 0. The van der Waals surface area contributed by atoms with E-state index in [1.807, 2.05) is 78.9 Å². The van der Waals surface area contributed by atoms with Gasteiger partial charge in [-0.1, -0.05) is 54.6 Å². The van der Waals surface area contributed by atoms with E-state index in [9.17, 15) is 0 Å². The summed E-state index contributed by atoms with van der Waals surface area (Å²) in [5, 5.41) is 12.4. The van der Waals surface area contributed by atoms with E-state index in [4.69, 9.17) is 4.74 Å². The van der Waals surface area contributed by atoms with E-state index in [1.54, 1.807) is 0 Å². The first-order chi connectivity index (χ1) is 13.9. The molecule has 0 saturated carbocycles. The lowest BCUT2D eigenvalue weighted by Gasteiger charge is -2.11. The quantitative estimate of drug-likeness (QED) is 0.465. The average molecular weight is 367 g/mol. The van der Waals surface area contributed by atoms with Gasteiger partial charge in [-0.25, -0.2) is 4.98 Å². The van der Waals surface area contributed by atoms with Crippen molar-refractivity contribution in [3.05, 3.63) is 84.4 Å². The molecule has 5 aromatic rings. The fraction of sp³-hybridized carbons (Fsp3) is 0.0455. The van der Waals surface area contributed by atoms with E-state index in [0.29, 0.717) is 24.3 Å². The van der Waals surface area contributed by atoms with Gasteiger partial charge in [0.25, 0.3) is 0 Å². The van der Waals surface area contributed by atoms with Gasteiger partial charge < -0.3 is 10.1 Å². The monoisotopic (exact) mass is 367 g/mol. The van der Waals surface area contributed by atoms with Crippen LogP contribution in [0.15, 0.2) is 78.9 Å². The Kier molecular flexibility index (Phi) is 4.06. The zero-order valence-corrected chi connectivity index (χ0v) is 15.0. The lowest BCUT2D eigenvalue weighted by molar-refractivity contribution is 0.298. The molecule has 2 aromatic heterocycles. The first-order valence-electron chi connectivity index (χ1n) is 9.00. The number of nitrogens with zero attached hydrogens (tertiary/aromatic N) is 3. The number of benzene rings is 3. The fourth-order valence-electron chi connectivity index (χ4n) is 3.10. The number of aromatic nitrogens is 4. The van der Waals surface area contributed by atoms with Gasteiger partial charge in [-0.05, 0) is 29.8 Å². The number of fused-ring (bicyclic) bond motifs is 2. The SMILES string of the molecule is c1ccc(COc2nc(Nc3n[nH]c4ccccc34)nc3ccccc23)cc1. The fourth-order valence-corrected chi connectivity index (χ4v) is 3.10. The molecule has 3 aromatic carbocycles. The molecule has 0 radical (unpaired) electrons. The largest absolute Gasteiger partial charge is 0.472 e. The molecule has 0 saturated heterocycles. The van der Waals surface area contributed by atoms with Crippen LogP contribution < -0.4 is 10.1 Å². The number of aromatic amines is 1. The van der Waals surface area contributed by atoms with Crippen molar-refractivity contribution in [2.45, 2.75) is 6.61 Å². The van der Waals surface area contributed by atoms with Gasteiger partial charge in [0.1, 0.15) is 6.61 Å². The highest BCUT2D eigenvalue weighted by molar-refractivity contribution is 5.91. The molecular formula is C22H17N5O. The Morgan fingerprint density at radius 3 is 2.43 bits per heavy atom. The highest BCUT2D eigenvalue weighted by Gasteiger charge is 2.12. The second-order valence-electron chi connectivity index (χ2n) is 6.39. The second kappa shape index (κ2) is 7.00. The van der Waals surface area contributed by atoms with E-state index in [1.165, 1.54) is 0 Å². The summed E-state index contributed by atoms with van der Waals surface area (Å²) >= 11 is 0. The highest BCUT2D eigenvalue weighted by Crippen LogP contribution is 2.27. The summed E-state index contributed by atoms with van der Waals surface area (Å²) < 4.78 is 6.03. The third-order valence-electron chi connectivity index (χ3n) is 4.49. The standard InChI is InChI=1S/C22H17N5O/c1-2-8-15(9-3-1)14-28-21-17-11-5-6-12-18(17)23-22(25-21)24-20-16-10-4-7-13-19(16)26-27-20/h1-13H,14H2,(H2,23,24,25,26,27). The number of ether oxygens (including phenoxy) is 1. The molecule has 28 heavy (non-hydrogen) atoms. The number of anilines is 2. The zero-order chi connectivity index (χ0) is 18.8. The number of H-pyrrole nitrogens is 1. The van der Waals surface area contributed by atoms with Crippen LogP contribution in [-0.2, 0) is 6.61 Å². The average Bonchev–Trinajstić information content (AvgIpc) is 3.16. The number of hydrogen-bond acceptors (Lipinski definition) is 5. The smallest absolute Gasteiger partial charge is 0.232 e. The molecule has 6 nitrogen and oxygen atoms in total. The van der Waals surface area contributed by atoms with Crippen molar-refractivity contribution in [1.29, 1.82) is 0 Å². The molecule has 0 unspecified atom stereocenters. The van der Waals surface area contributed by atoms with Crippen molar-refractivity contribution in [2.24, 2.45) is 0 Å². The topological polar surface area (TPSA) is 75.7 Å². The van der Waals surface area contributed by atoms with Gasteiger partial charge in [-0.2, -0.15) is 10.1 Å². The minimum absolute atomic E-state index is 0.437. The minimum Gasteiger partial charge on any atom is -0.472 e. The Bertz CT molecular complexity index is 1250. The normalized spacial score (nSPS) is 11.0. The maximum atomic E-state index is 6.03. The predicted octanol–water partition coefficient (Wildman–Crippen LogP) is 4.83. The van der Waals surface area contributed by atoms with E-state index >= 15 is 0 Å². The zero-order valence-electron chi connectivity index (χ0n) is 15.0. The van der Waals surface area contributed by atoms with Crippen molar-refractivity contribution >= 4 is 33.6 Å². The van der Waals surface area contributed by atoms with Crippen LogP contribution in [0.4, 0.5) is 11.8 Å². The molecule has 0 aliphatic rings. The van der Waals surface area contributed by atoms with Crippen LogP contribution in [0.3, 0.4) is 0 Å². The molecule has 136 valence electrons. The lowest BCUT2D eigenvalue weighted by atomic mass is 10.2. The highest BCUT2D eigenvalue weighted by atomic mass is 16.5. The van der Waals surface area contributed by atoms with E-state index in [-0.39, 0.29) is 0 Å². The Labute approximate surface area is 161 Å². The molecule has 6 heteroatoms. The molecule has 0 fully saturated rings. The molecule has 0 atom stereocenters. The summed E-state index contributed by atoms with van der Waals surface area (Å²) in [6, 6.07) is 25.7. The number of hydrogen-bond donors (Lipinski definition) is 2. The molecule has 0 aliphatic heterocycles. The maximum Gasteiger partial charge on any atom is 0.232 e. The van der Waals surface area contributed by atoms with Crippen LogP contribution in [0, 0.1) is 0 Å². The van der Waals surface area contributed by atoms with Gasteiger partial charge in [0, 0.05) is 5.39 Å². The third kappa shape index (κ3) is 3.12. The Balaban J connectivity index is 1.51. The molecule has 0 bridgehead atoms. The van der Waals surface area contributed by atoms with Crippen LogP contribution >= 0.6 is 0 Å². The van der Waals surface area contributed by atoms with Gasteiger partial charge in [0.15, 0.2) is 5.82 Å². The van der Waals surface area contributed by atoms with Crippen molar-refractivity contribution < 1.29 is 4.74 Å². The van der Waals surface area contributed by atoms with Gasteiger partial charge in [0.05, 0.1) is 16.4 Å². The first kappa shape index (κ1) is 16.3. The Hall–Kier alpha value is -3.93. The summed E-state index contributed by atoms with van der Waals surface area (Å²) in [7, 11) is 0. The van der Waals surface area contributed by atoms with Crippen molar-refractivity contribution in [2.75, 3.05) is 5.32 Å². The second-order valence-corrected chi connectivity index (χ2v) is 6.39. The van der Waals surface area contributed by atoms with E-state index < -0.39 is 0 Å². The number of nitrogens with one attached hydrogen (secondary N) is 2. The van der Waals surface area contributed by atoms with Crippen LogP contribution in [0.2, 0.25) is 0 Å². The van der Waals surface area contributed by atoms with Crippen LogP contribution in [0.1, 0.15) is 5.56 Å². The molecule has 0 spiro atoms. The number of para-hydroxylation sites is 2. The van der Waals surface area contributed by atoms with E-state index in [2.05, 4.69) is 25.5 Å². The van der Waals surface area contributed by atoms with Gasteiger partial charge in [0.2, 0.25) is 11.8 Å². The summed E-state index contributed by atoms with van der Waals surface area (Å²) in [6.45, 7) is 0.437. The summed E-state index contributed by atoms with van der Waals surface area (Å²) in [5.41, 5.74) is 2.84. The molecule has 2 heterocycles. The number of rotatable bonds is 5. The third-order valence-corrected chi connectivity index (χ3v) is 4.49. The Morgan fingerprint density at radius 2 is 1.54 bits per heavy atom. The predicted molar refractivity (Wildman–Crippen MR) is 110 cm³/mol. The lowest BCUT2D eigenvalue weighted by Crippen LogP contribution is -2.03. The van der Waals surface area contributed by atoms with E-state index in [0.717, 1.165) is 27.4 Å². The molecule has 2 N–H and O–H groups in total. The van der Waals surface area contributed by atoms with Crippen LogP contribution in [0.5, 0.6) is 5.88 Å². The summed E-state index contributed by atoms with van der Waals surface area (Å²) in [5.74, 6) is 1.66. The first-order valence-corrected chi connectivity index (χ1v) is 9.00. The van der Waals surface area contributed by atoms with Gasteiger partial charge >= 0.3 is 0 Å². The Morgan fingerprint density at radius 1 is 0.786 bits per heavy atom. The maximum absolute atomic E-state index is 6.03. The van der Waals surface area contributed by atoms with Crippen molar-refractivity contribution in [3.63, 3.8) is 0 Å². The molecule has 0 aliphatic carbocycles.